The summed E-state index contributed by atoms with van der Waals surface area (Å²) in [6.07, 6.45) is 1.64. The van der Waals surface area contributed by atoms with E-state index in [1.807, 2.05) is 36.4 Å². The molecule has 2 aromatic heterocycles. The third-order valence-electron chi connectivity index (χ3n) is 2.20. The van der Waals surface area contributed by atoms with E-state index >= 15 is 0 Å². The number of aromatic amines is 1. The lowest BCUT2D eigenvalue weighted by Crippen LogP contribution is -1.86. The van der Waals surface area contributed by atoms with Crippen LogP contribution in [0.4, 0.5) is 0 Å². The molecular weight excluding hydrogens is 220 g/mol. The Balaban J connectivity index is 1.81. The molecule has 0 unspecified atom stereocenters. The fourth-order valence-corrected chi connectivity index (χ4v) is 1.43. The van der Waals surface area contributed by atoms with Gasteiger partial charge in [0.2, 0.25) is 0 Å². The van der Waals surface area contributed by atoms with Crippen LogP contribution in [0.5, 0.6) is 11.8 Å². The molecule has 6 heteroatoms. The highest BCUT2D eigenvalue weighted by molar-refractivity contribution is 5.58. The molecule has 0 aliphatic carbocycles. The minimum atomic E-state index is 0.191. The van der Waals surface area contributed by atoms with Gasteiger partial charge in [-0.05, 0) is 41.6 Å². The summed E-state index contributed by atoms with van der Waals surface area (Å²) in [5, 5.41) is 13.1. The zero-order valence-corrected chi connectivity index (χ0v) is 8.70. The molecule has 2 heterocycles. The second kappa shape index (κ2) is 4.09. The van der Waals surface area contributed by atoms with E-state index in [2.05, 4.69) is 20.6 Å². The van der Waals surface area contributed by atoms with Crippen molar-refractivity contribution >= 4 is 0 Å². The summed E-state index contributed by atoms with van der Waals surface area (Å²) in [5.41, 5.74) is 0.982. The van der Waals surface area contributed by atoms with Crippen molar-refractivity contribution in [1.29, 1.82) is 0 Å². The summed E-state index contributed by atoms with van der Waals surface area (Å²) in [5.74, 6) is 1.46. The molecule has 3 aromatic rings. The average molecular weight is 228 g/mol. The molecule has 0 amide bonds. The number of H-pyrrole nitrogens is 1. The highest BCUT2D eigenvalue weighted by Crippen LogP contribution is 2.24. The van der Waals surface area contributed by atoms with Crippen LogP contribution in [0, 0.1) is 0 Å². The predicted molar refractivity (Wildman–Crippen MR) is 58.4 cm³/mol. The van der Waals surface area contributed by atoms with E-state index in [1.165, 1.54) is 0 Å². The van der Waals surface area contributed by atoms with Gasteiger partial charge in [-0.25, -0.2) is 0 Å². The summed E-state index contributed by atoms with van der Waals surface area (Å²) >= 11 is 0. The molecule has 0 radical (unpaired) electrons. The number of hydrogen-bond acceptors (Lipinski definition) is 5. The lowest BCUT2D eigenvalue weighted by molar-refractivity contribution is 0.442. The van der Waals surface area contributed by atoms with E-state index in [-0.39, 0.29) is 6.01 Å². The van der Waals surface area contributed by atoms with Crippen molar-refractivity contribution in [2.24, 2.45) is 0 Å². The molecule has 0 fully saturated rings. The number of hydrogen-bond donors (Lipinski definition) is 1. The molecule has 1 N–H and O–H groups in total. The maximum Gasteiger partial charge on any atom is 0.361 e. The van der Waals surface area contributed by atoms with Crippen molar-refractivity contribution in [3.63, 3.8) is 0 Å². The summed E-state index contributed by atoms with van der Waals surface area (Å²) in [6, 6.07) is 11.4. The Morgan fingerprint density at radius 1 is 1.12 bits per heavy atom. The first-order chi connectivity index (χ1) is 8.42. The minimum absolute atomic E-state index is 0.191. The third-order valence-corrected chi connectivity index (χ3v) is 2.20. The number of nitrogens with zero attached hydrogens (tertiary/aromatic N) is 3. The predicted octanol–water partition coefficient (Wildman–Crippen LogP) is 2.25. The van der Waals surface area contributed by atoms with Crippen molar-refractivity contribution in [1.82, 2.24) is 20.6 Å². The lowest BCUT2D eigenvalue weighted by Gasteiger charge is -2.01. The fourth-order valence-electron chi connectivity index (χ4n) is 1.43. The van der Waals surface area contributed by atoms with Crippen molar-refractivity contribution in [3.05, 3.63) is 42.7 Å². The number of aromatic nitrogens is 4. The van der Waals surface area contributed by atoms with Crippen molar-refractivity contribution in [2.45, 2.75) is 0 Å². The number of ether oxygens (including phenoxy) is 1. The lowest BCUT2D eigenvalue weighted by atomic mass is 10.2. The van der Waals surface area contributed by atoms with E-state index in [0.29, 0.717) is 5.75 Å². The Morgan fingerprint density at radius 2 is 2.00 bits per heavy atom. The van der Waals surface area contributed by atoms with Crippen molar-refractivity contribution in [2.75, 3.05) is 0 Å². The summed E-state index contributed by atoms with van der Waals surface area (Å²) in [4.78, 5) is 0. The first kappa shape index (κ1) is 9.59. The van der Waals surface area contributed by atoms with Crippen LogP contribution in [-0.4, -0.2) is 20.6 Å². The molecule has 0 atom stereocenters. The maximum atomic E-state index is 5.34. The monoisotopic (exact) mass is 228 g/mol. The highest BCUT2D eigenvalue weighted by Gasteiger charge is 2.03. The van der Waals surface area contributed by atoms with Gasteiger partial charge in [0.25, 0.3) is 0 Å². The van der Waals surface area contributed by atoms with Crippen LogP contribution in [0.25, 0.3) is 11.3 Å². The maximum absolute atomic E-state index is 5.34. The summed E-state index contributed by atoms with van der Waals surface area (Å²) in [6.45, 7) is 0. The van der Waals surface area contributed by atoms with E-state index < -0.39 is 0 Å². The van der Waals surface area contributed by atoms with Gasteiger partial charge in [-0.15, -0.1) is 0 Å². The number of furan rings is 1. The fraction of sp³-hybridized carbons (Fsp3) is 0. The van der Waals surface area contributed by atoms with Gasteiger partial charge in [0.15, 0.2) is 0 Å². The molecule has 0 spiro atoms. The quantitative estimate of drug-likeness (QED) is 0.743. The molecule has 1 aromatic carbocycles. The smallest absolute Gasteiger partial charge is 0.361 e. The topological polar surface area (TPSA) is 76.8 Å². The van der Waals surface area contributed by atoms with Gasteiger partial charge in [0.05, 0.1) is 6.26 Å². The highest BCUT2D eigenvalue weighted by atomic mass is 16.5. The molecule has 3 rings (SSSR count). The summed E-state index contributed by atoms with van der Waals surface area (Å²) < 4.78 is 10.6. The van der Waals surface area contributed by atoms with Gasteiger partial charge in [0, 0.05) is 5.56 Å². The molecule has 0 aliphatic rings. The Kier molecular flexibility index (Phi) is 2.31. The molecule has 0 saturated carbocycles. The van der Waals surface area contributed by atoms with E-state index in [4.69, 9.17) is 9.15 Å². The largest absolute Gasteiger partial charge is 0.464 e. The normalized spacial score (nSPS) is 10.4. The van der Waals surface area contributed by atoms with Gasteiger partial charge in [-0.3, -0.25) is 0 Å². The molecule has 17 heavy (non-hydrogen) atoms. The first-order valence-electron chi connectivity index (χ1n) is 4.97. The zero-order chi connectivity index (χ0) is 11.5. The standard InChI is InChI=1S/C11H8N4O2/c1-2-10(16-7-1)8-3-5-9(6-4-8)17-11-12-14-15-13-11/h1-7H,(H,12,13,14,15). The zero-order valence-electron chi connectivity index (χ0n) is 8.70. The Hall–Kier alpha value is -2.63. The second-order valence-electron chi connectivity index (χ2n) is 3.30. The minimum Gasteiger partial charge on any atom is -0.464 e. The van der Waals surface area contributed by atoms with Crippen molar-refractivity contribution < 1.29 is 9.15 Å². The molecule has 84 valence electrons. The van der Waals surface area contributed by atoms with Crippen LogP contribution in [0.1, 0.15) is 0 Å². The Labute approximate surface area is 96.2 Å². The summed E-state index contributed by atoms with van der Waals surface area (Å²) in [7, 11) is 0. The van der Waals surface area contributed by atoms with Gasteiger partial charge in [0.1, 0.15) is 11.5 Å². The van der Waals surface area contributed by atoms with Gasteiger partial charge < -0.3 is 9.15 Å². The van der Waals surface area contributed by atoms with Gasteiger partial charge in [-0.2, -0.15) is 5.21 Å². The SMILES string of the molecule is c1coc(-c2ccc(Oc3nn[nH]n3)cc2)c1. The second-order valence-corrected chi connectivity index (χ2v) is 3.30. The average Bonchev–Trinajstić information content (AvgIpc) is 3.01. The molecule has 0 bridgehead atoms. The first-order valence-corrected chi connectivity index (χ1v) is 4.97. The van der Waals surface area contributed by atoms with Gasteiger partial charge >= 0.3 is 6.01 Å². The Bertz CT molecular complexity index is 572. The number of tetrazole rings is 1. The van der Waals surface area contributed by atoms with Crippen LogP contribution in [0.15, 0.2) is 47.1 Å². The molecular formula is C11H8N4O2. The van der Waals surface area contributed by atoms with Crippen LogP contribution < -0.4 is 4.74 Å². The molecule has 0 aliphatic heterocycles. The van der Waals surface area contributed by atoms with Crippen LogP contribution in [-0.2, 0) is 0 Å². The number of rotatable bonds is 3. The van der Waals surface area contributed by atoms with Crippen LogP contribution >= 0.6 is 0 Å². The van der Waals surface area contributed by atoms with Crippen molar-refractivity contribution in [3.8, 4) is 23.1 Å². The van der Waals surface area contributed by atoms with Crippen LogP contribution in [0.3, 0.4) is 0 Å². The molecule has 6 nitrogen and oxygen atoms in total. The van der Waals surface area contributed by atoms with Crippen LogP contribution in [0.2, 0.25) is 0 Å². The van der Waals surface area contributed by atoms with E-state index in [0.717, 1.165) is 11.3 Å². The Morgan fingerprint density at radius 3 is 2.65 bits per heavy atom. The van der Waals surface area contributed by atoms with Gasteiger partial charge in [-0.1, -0.05) is 10.2 Å². The van der Waals surface area contributed by atoms with E-state index in [9.17, 15) is 0 Å². The van der Waals surface area contributed by atoms with E-state index in [1.54, 1.807) is 6.26 Å². The third kappa shape index (κ3) is 2.00. The number of benzene rings is 1. The molecule has 0 saturated heterocycles. The number of nitrogens with one attached hydrogen (secondary N) is 1.